The molecule has 0 bridgehead atoms. The number of pyridine rings is 1. The van der Waals surface area contributed by atoms with Crippen LogP contribution >= 0.6 is 11.6 Å². The van der Waals surface area contributed by atoms with Gasteiger partial charge in [-0.05, 0) is 48.4 Å². The van der Waals surface area contributed by atoms with Gasteiger partial charge in [-0.2, -0.15) is 20.1 Å². The minimum absolute atomic E-state index is 0.388. The molecule has 4 rings (SSSR count). The molecule has 3 aromatic heterocycles. The summed E-state index contributed by atoms with van der Waals surface area (Å²) in [6, 6.07) is 13.3. The van der Waals surface area contributed by atoms with Crippen LogP contribution in [0.15, 0.2) is 54.9 Å². The van der Waals surface area contributed by atoms with Crippen LogP contribution < -0.4 is 10.6 Å². The number of aryl methyl sites for hydroxylation is 1. The number of rotatable bonds is 7. The summed E-state index contributed by atoms with van der Waals surface area (Å²) < 4.78 is 0. The summed E-state index contributed by atoms with van der Waals surface area (Å²) in [4.78, 5) is 17.5. The van der Waals surface area contributed by atoms with Gasteiger partial charge in [0.25, 0.3) is 0 Å². The fourth-order valence-corrected chi connectivity index (χ4v) is 2.86. The van der Waals surface area contributed by atoms with Gasteiger partial charge < -0.3 is 10.6 Å². The van der Waals surface area contributed by atoms with Gasteiger partial charge in [-0.1, -0.05) is 29.8 Å². The molecule has 3 heterocycles. The van der Waals surface area contributed by atoms with Crippen molar-refractivity contribution in [2.24, 2.45) is 0 Å². The zero-order valence-electron chi connectivity index (χ0n) is 16.2. The maximum Gasteiger partial charge on any atom is 0.233 e. The predicted octanol–water partition coefficient (Wildman–Crippen LogP) is 4.48. The summed E-state index contributed by atoms with van der Waals surface area (Å²) in [6.07, 6.45) is 7.20. The highest BCUT2D eigenvalue weighted by Crippen LogP contribution is 2.16. The van der Waals surface area contributed by atoms with Crippen LogP contribution in [-0.4, -0.2) is 30.1 Å². The molecule has 4 aromatic rings. The van der Waals surface area contributed by atoms with Crippen LogP contribution in [0.5, 0.6) is 0 Å². The van der Waals surface area contributed by atoms with Crippen molar-refractivity contribution in [3.63, 3.8) is 0 Å². The molecule has 0 fully saturated rings. The Balaban J connectivity index is 1.59. The number of hydrogen-bond acceptors (Lipinski definition) is 7. The molecule has 0 aliphatic heterocycles. The molecule has 9 heteroatoms. The van der Waals surface area contributed by atoms with Gasteiger partial charge in [-0.15, -0.1) is 0 Å². The van der Waals surface area contributed by atoms with Gasteiger partial charge in [-0.25, -0.2) is 0 Å². The Morgan fingerprint density at radius 2 is 1.83 bits per heavy atom. The van der Waals surface area contributed by atoms with E-state index in [0.717, 1.165) is 16.8 Å². The van der Waals surface area contributed by atoms with E-state index in [4.69, 9.17) is 11.6 Å². The Labute approximate surface area is 178 Å². The molecule has 0 unspecified atom stereocenters. The molecule has 0 aliphatic rings. The number of benzene rings is 1. The summed E-state index contributed by atoms with van der Waals surface area (Å²) >= 11 is 6.06. The molecule has 8 nitrogen and oxygen atoms in total. The van der Waals surface area contributed by atoms with Crippen molar-refractivity contribution in [3.05, 3.63) is 82.5 Å². The minimum atomic E-state index is 0.388. The highest BCUT2D eigenvalue weighted by Gasteiger charge is 2.07. The first-order chi connectivity index (χ1) is 14.6. The fourth-order valence-electron chi connectivity index (χ4n) is 2.66. The van der Waals surface area contributed by atoms with Gasteiger partial charge in [0.05, 0.1) is 0 Å². The van der Waals surface area contributed by atoms with Crippen LogP contribution in [0, 0.1) is 6.92 Å². The molecule has 0 saturated heterocycles. The Morgan fingerprint density at radius 3 is 2.60 bits per heavy atom. The molecule has 0 aliphatic carbocycles. The quantitative estimate of drug-likeness (QED) is 0.406. The topological polar surface area (TPSA) is 104 Å². The normalized spacial score (nSPS) is 11.0. The van der Waals surface area contributed by atoms with E-state index < -0.39 is 0 Å². The van der Waals surface area contributed by atoms with Gasteiger partial charge in [0.2, 0.25) is 11.9 Å². The SMILES string of the molecule is Cc1cc(Nc2nc(/C=C/c3cccc(Cl)c3)nc(NCc3ccncc3)n2)n[nH]1. The van der Waals surface area contributed by atoms with Crippen LogP contribution in [-0.2, 0) is 6.54 Å². The van der Waals surface area contributed by atoms with Gasteiger partial charge in [0.1, 0.15) is 0 Å². The van der Waals surface area contributed by atoms with E-state index in [2.05, 4.69) is 40.8 Å². The highest BCUT2D eigenvalue weighted by atomic mass is 35.5. The molecule has 0 spiro atoms. The summed E-state index contributed by atoms with van der Waals surface area (Å²) in [6.45, 7) is 2.48. The second-order valence-corrected chi connectivity index (χ2v) is 6.94. The summed E-state index contributed by atoms with van der Waals surface area (Å²) in [5.74, 6) is 1.96. The number of nitrogens with one attached hydrogen (secondary N) is 3. The van der Waals surface area contributed by atoms with E-state index in [1.54, 1.807) is 12.4 Å². The number of aromatic nitrogens is 6. The molecular weight excluding hydrogens is 400 g/mol. The van der Waals surface area contributed by atoms with Crippen LogP contribution in [0.2, 0.25) is 5.02 Å². The summed E-state index contributed by atoms with van der Waals surface area (Å²) in [7, 11) is 0. The first kappa shape index (κ1) is 19.5. The molecule has 30 heavy (non-hydrogen) atoms. The zero-order valence-corrected chi connectivity index (χ0v) is 16.9. The number of H-pyrrole nitrogens is 1. The maximum atomic E-state index is 6.06. The number of aromatic amines is 1. The second kappa shape index (κ2) is 9.15. The molecular formula is C21H19ClN8. The minimum Gasteiger partial charge on any atom is -0.350 e. The second-order valence-electron chi connectivity index (χ2n) is 6.50. The lowest BCUT2D eigenvalue weighted by molar-refractivity contribution is 0.986. The van der Waals surface area contributed by atoms with Crippen molar-refractivity contribution in [2.45, 2.75) is 13.5 Å². The Kier molecular flexibility index (Phi) is 5.95. The van der Waals surface area contributed by atoms with E-state index in [9.17, 15) is 0 Å². The molecule has 0 saturated carbocycles. The third-order valence-corrected chi connectivity index (χ3v) is 4.31. The third-order valence-electron chi connectivity index (χ3n) is 4.07. The van der Waals surface area contributed by atoms with Crippen molar-refractivity contribution < 1.29 is 0 Å². The van der Waals surface area contributed by atoms with Gasteiger partial charge in [-0.3, -0.25) is 10.1 Å². The van der Waals surface area contributed by atoms with Crippen molar-refractivity contribution >= 4 is 41.5 Å². The molecule has 3 N–H and O–H groups in total. The first-order valence-electron chi connectivity index (χ1n) is 9.25. The highest BCUT2D eigenvalue weighted by molar-refractivity contribution is 6.30. The smallest absolute Gasteiger partial charge is 0.233 e. The van der Waals surface area contributed by atoms with E-state index >= 15 is 0 Å². The summed E-state index contributed by atoms with van der Waals surface area (Å²) in [5, 5.41) is 14.1. The van der Waals surface area contributed by atoms with Crippen LogP contribution in [0.25, 0.3) is 12.2 Å². The molecule has 0 amide bonds. The van der Waals surface area contributed by atoms with E-state index in [-0.39, 0.29) is 0 Å². The van der Waals surface area contributed by atoms with Crippen LogP contribution in [0.3, 0.4) is 0 Å². The lowest BCUT2D eigenvalue weighted by atomic mass is 10.2. The molecule has 0 atom stereocenters. The monoisotopic (exact) mass is 418 g/mol. The van der Waals surface area contributed by atoms with Crippen molar-refractivity contribution in [1.82, 2.24) is 30.1 Å². The Bertz CT molecular complexity index is 1160. The zero-order chi connectivity index (χ0) is 20.8. The number of nitrogens with zero attached hydrogens (tertiary/aromatic N) is 5. The van der Waals surface area contributed by atoms with Crippen molar-refractivity contribution in [2.75, 3.05) is 10.6 Å². The van der Waals surface area contributed by atoms with Gasteiger partial charge in [0.15, 0.2) is 11.6 Å². The van der Waals surface area contributed by atoms with Crippen LogP contribution in [0.1, 0.15) is 22.6 Å². The first-order valence-corrected chi connectivity index (χ1v) is 9.63. The lowest BCUT2D eigenvalue weighted by Gasteiger charge is -2.08. The molecule has 0 radical (unpaired) electrons. The van der Waals surface area contributed by atoms with E-state index in [1.807, 2.05) is 61.5 Å². The Hall–Kier alpha value is -3.78. The fraction of sp³-hybridized carbons (Fsp3) is 0.0952. The third kappa shape index (κ3) is 5.39. The Morgan fingerprint density at radius 1 is 1.00 bits per heavy atom. The van der Waals surface area contributed by atoms with Crippen LogP contribution in [0.4, 0.5) is 17.7 Å². The average molecular weight is 419 g/mol. The standard InChI is InChI=1S/C21H19ClN8/c1-14-11-19(30-29-14)27-21-26-18(6-5-15-3-2-4-17(22)12-15)25-20(28-21)24-13-16-7-9-23-10-8-16/h2-12H,13H2,1H3,(H3,24,25,26,27,28,29,30)/b6-5+. The predicted molar refractivity (Wildman–Crippen MR) is 118 cm³/mol. The summed E-state index contributed by atoms with van der Waals surface area (Å²) in [5.41, 5.74) is 2.95. The maximum absolute atomic E-state index is 6.06. The molecule has 1 aromatic carbocycles. The van der Waals surface area contributed by atoms with E-state index in [1.165, 1.54) is 0 Å². The lowest BCUT2D eigenvalue weighted by Crippen LogP contribution is -2.08. The number of hydrogen-bond donors (Lipinski definition) is 3. The molecule has 150 valence electrons. The number of anilines is 3. The van der Waals surface area contributed by atoms with Crippen molar-refractivity contribution in [1.29, 1.82) is 0 Å². The van der Waals surface area contributed by atoms with Gasteiger partial charge in [0, 0.05) is 35.7 Å². The van der Waals surface area contributed by atoms with Gasteiger partial charge >= 0.3 is 0 Å². The largest absolute Gasteiger partial charge is 0.350 e. The average Bonchev–Trinajstić information content (AvgIpc) is 3.16. The van der Waals surface area contributed by atoms with E-state index in [0.29, 0.717) is 35.1 Å². The van der Waals surface area contributed by atoms with Crippen molar-refractivity contribution in [3.8, 4) is 0 Å². The number of halogens is 1.